The first-order valence-electron chi connectivity index (χ1n) is 7.55. The zero-order valence-electron chi connectivity index (χ0n) is 13.2. The minimum absolute atomic E-state index is 0.0366. The van der Waals surface area contributed by atoms with Gasteiger partial charge in [-0.15, -0.1) is 5.10 Å². The summed E-state index contributed by atoms with van der Waals surface area (Å²) >= 11 is 0. The fourth-order valence-electron chi connectivity index (χ4n) is 2.75. The number of alkyl halides is 3. The maximum Gasteiger partial charge on any atom is 0.435 e. The fraction of sp³-hybridized carbons (Fsp3) is 0.400. The molecule has 1 saturated heterocycles. The van der Waals surface area contributed by atoms with Crippen LogP contribution in [0.3, 0.4) is 0 Å². The second-order valence-corrected chi connectivity index (χ2v) is 5.74. The van der Waals surface area contributed by atoms with Crippen LogP contribution in [-0.2, 0) is 6.18 Å². The van der Waals surface area contributed by atoms with Crippen molar-refractivity contribution in [3.05, 3.63) is 41.5 Å². The molecule has 2 heterocycles. The summed E-state index contributed by atoms with van der Waals surface area (Å²) in [5, 5.41) is 9.98. The third-order valence-corrected chi connectivity index (χ3v) is 4.11. The van der Waals surface area contributed by atoms with Gasteiger partial charge in [0.15, 0.2) is 11.4 Å². The predicted octanol–water partition coefficient (Wildman–Crippen LogP) is 1.86. The Hall–Kier alpha value is -2.49. The van der Waals surface area contributed by atoms with E-state index in [1.54, 1.807) is 0 Å². The number of aromatic nitrogens is 3. The van der Waals surface area contributed by atoms with E-state index in [2.05, 4.69) is 15.6 Å². The number of hydrogen-bond donors (Lipinski definition) is 1. The molecule has 1 N–H and O–H groups in total. The van der Waals surface area contributed by atoms with E-state index >= 15 is 0 Å². The summed E-state index contributed by atoms with van der Waals surface area (Å²) in [6.45, 7) is 1.20. The number of rotatable bonds is 3. The molecule has 6 nitrogen and oxygen atoms in total. The third kappa shape index (κ3) is 3.34. The molecule has 1 aliphatic rings. The summed E-state index contributed by atoms with van der Waals surface area (Å²) in [5.41, 5.74) is -2.08. The second kappa shape index (κ2) is 6.43. The van der Waals surface area contributed by atoms with Gasteiger partial charge >= 0.3 is 6.18 Å². The van der Waals surface area contributed by atoms with E-state index in [4.69, 9.17) is 0 Å². The molecule has 2 aromatic rings. The number of amides is 1. The van der Waals surface area contributed by atoms with Gasteiger partial charge in [-0.05, 0) is 37.2 Å². The van der Waals surface area contributed by atoms with Crippen molar-refractivity contribution < 1.29 is 22.4 Å². The predicted molar refractivity (Wildman–Crippen MR) is 79.7 cm³/mol. The summed E-state index contributed by atoms with van der Waals surface area (Å²) < 4.78 is 54.2. The van der Waals surface area contributed by atoms with E-state index in [-0.39, 0.29) is 11.7 Å². The highest BCUT2D eigenvalue weighted by Gasteiger charge is 2.43. The minimum atomic E-state index is -4.85. The van der Waals surface area contributed by atoms with Gasteiger partial charge in [-0.25, -0.2) is 9.07 Å². The highest BCUT2D eigenvalue weighted by Crippen LogP contribution is 2.33. The monoisotopic (exact) mass is 357 g/mol. The molecule has 1 aromatic heterocycles. The lowest BCUT2D eigenvalue weighted by atomic mass is 10.2. The lowest BCUT2D eigenvalue weighted by Gasteiger charge is -2.23. The van der Waals surface area contributed by atoms with E-state index in [0.29, 0.717) is 24.2 Å². The summed E-state index contributed by atoms with van der Waals surface area (Å²) in [6, 6.07) is 4.09. The van der Waals surface area contributed by atoms with Gasteiger partial charge in [0.25, 0.3) is 5.91 Å². The van der Waals surface area contributed by atoms with E-state index in [9.17, 15) is 22.4 Å². The van der Waals surface area contributed by atoms with Gasteiger partial charge in [-0.3, -0.25) is 4.79 Å². The van der Waals surface area contributed by atoms with Crippen LogP contribution in [0.2, 0.25) is 0 Å². The minimum Gasteiger partial charge on any atom is -0.336 e. The Kier molecular flexibility index (Phi) is 4.46. The summed E-state index contributed by atoms with van der Waals surface area (Å²) in [5.74, 6) is -1.45. The molecule has 1 atom stereocenters. The van der Waals surface area contributed by atoms with Crippen LogP contribution in [0.5, 0.6) is 0 Å². The van der Waals surface area contributed by atoms with Gasteiger partial charge in [0, 0.05) is 19.6 Å². The van der Waals surface area contributed by atoms with Crippen molar-refractivity contribution in [2.75, 3.05) is 20.1 Å². The van der Waals surface area contributed by atoms with E-state index in [1.807, 2.05) is 0 Å². The average molecular weight is 357 g/mol. The summed E-state index contributed by atoms with van der Waals surface area (Å²) in [7, 11) is 1.44. The molecule has 0 bridgehead atoms. The Morgan fingerprint density at radius 1 is 1.32 bits per heavy atom. The van der Waals surface area contributed by atoms with Gasteiger partial charge in [-0.1, -0.05) is 5.21 Å². The van der Waals surface area contributed by atoms with E-state index < -0.39 is 29.3 Å². The molecule has 0 radical (unpaired) electrons. The van der Waals surface area contributed by atoms with E-state index in [0.717, 1.165) is 24.3 Å². The van der Waals surface area contributed by atoms with Crippen molar-refractivity contribution in [3.8, 4) is 5.69 Å². The molecule has 0 spiro atoms. The van der Waals surface area contributed by atoms with Crippen molar-refractivity contribution in [2.24, 2.45) is 0 Å². The van der Waals surface area contributed by atoms with Crippen molar-refractivity contribution in [1.29, 1.82) is 0 Å². The number of benzene rings is 1. The topological polar surface area (TPSA) is 63.1 Å². The average Bonchev–Trinajstić information content (AvgIpc) is 3.23. The van der Waals surface area contributed by atoms with E-state index in [1.165, 1.54) is 11.9 Å². The Balaban J connectivity index is 2.02. The van der Waals surface area contributed by atoms with Crippen molar-refractivity contribution in [3.63, 3.8) is 0 Å². The molecular formula is C15H15F4N5O. The fourth-order valence-corrected chi connectivity index (χ4v) is 2.75. The highest BCUT2D eigenvalue weighted by atomic mass is 19.4. The Morgan fingerprint density at radius 3 is 2.56 bits per heavy atom. The maximum absolute atomic E-state index is 13.6. The lowest BCUT2D eigenvalue weighted by molar-refractivity contribution is -0.143. The third-order valence-electron chi connectivity index (χ3n) is 4.11. The van der Waals surface area contributed by atoms with Gasteiger partial charge in [0.05, 0.1) is 5.69 Å². The van der Waals surface area contributed by atoms with Crippen LogP contribution in [0.4, 0.5) is 17.6 Å². The number of carbonyl (C=O) groups is 1. The van der Waals surface area contributed by atoms with Crippen LogP contribution < -0.4 is 5.32 Å². The zero-order valence-corrected chi connectivity index (χ0v) is 13.2. The first-order chi connectivity index (χ1) is 11.8. The Bertz CT molecular complexity index is 765. The standard InChI is InChI=1S/C15H15F4N5O/c1-23(11-6-7-20-8-11)14(25)12-13(15(17,18)19)24(22-21-12)10-4-2-9(16)3-5-10/h2-5,11,20H,6-8H2,1H3. The van der Waals surface area contributed by atoms with Crippen molar-refractivity contribution in [1.82, 2.24) is 25.2 Å². The number of halogens is 4. The first kappa shape index (κ1) is 17.3. The molecule has 25 heavy (non-hydrogen) atoms. The maximum atomic E-state index is 13.6. The molecule has 1 fully saturated rings. The zero-order chi connectivity index (χ0) is 18.2. The quantitative estimate of drug-likeness (QED) is 0.852. The first-order valence-corrected chi connectivity index (χ1v) is 7.55. The van der Waals surface area contributed by atoms with Crippen LogP contribution >= 0.6 is 0 Å². The molecule has 3 rings (SSSR count). The lowest BCUT2D eigenvalue weighted by Crippen LogP contribution is -2.39. The number of likely N-dealkylation sites (N-methyl/N-ethyl adjacent to an activating group) is 1. The molecule has 1 aliphatic heterocycles. The molecular weight excluding hydrogens is 342 g/mol. The molecule has 10 heteroatoms. The molecule has 1 aromatic carbocycles. The van der Waals surface area contributed by atoms with Gasteiger partial charge < -0.3 is 10.2 Å². The Labute approximate surface area is 140 Å². The largest absolute Gasteiger partial charge is 0.435 e. The second-order valence-electron chi connectivity index (χ2n) is 5.74. The number of nitrogens with one attached hydrogen (secondary N) is 1. The summed E-state index contributed by atoms with van der Waals surface area (Å²) in [4.78, 5) is 13.8. The highest BCUT2D eigenvalue weighted by molar-refractivity contribution is 5.93. The molecule has 0 saturated carbocycles. The van der Waals surface area contributed by atoms with Crippen LogP contribution in [0.15, 0.2) is 24.3 Å². The van der Waals surface area contributed by atoms with Crippen LogP contribution in [-0.4, -0.2) is 52.0 Å². The SMILES string of the molecule is CN(C(=O)c1nnn(-c2ccc(F)cc2)c1C(F)(F)F)C1CCNC1. The number of carbonyl (C=O) groups excluding carboxylic acids is 1. The smallest absolute Gasteiger partial charge is 0.336 e. The van der Waals surface area contributed by atoms with Gasteiger partial charge in [0.2, 0.25) is 0 Å². The molecule has 1 amide bonds. The van der Waals surface area contributed by atoms with Crippen LogP contribution in [0.1, 0.15) is 22.6 Å². The summed E-state index contributed by atoms with van der Waals surface area (Å²) in [6.07, 6.45) is -4.20. The van der Waals surface area contributed by atoms with Crippen LogP contribution in [0.25, 0.3) is 5.69 Å². The van der Waals surface area contributed by atoms with Crippen molar-refractivity contribution in [2.45, 2.75) is 18.6 Å². The normalized spacial score (nSPS) is 17.7. The van der Waals surface area contributed by atoms with Crippen molar-refractivity contribution >= 4 is 5.91 Å². The molecule has 134 valence electrons. The van der Waals surface area contributed by atoms with Gasteiger partial charge in [0.1, 0.15) is 5.82 Å². The van der Waals surface area contributed by atoms with Gasteiger partial charge in [-0.2, -0.15) is 13.2 Å². The molecule has 1 unspecified atom stereocenters. The Morgan fingerprint density at radius 2 is 2.00 bits per heavy atom. The molecule has 0 aliphatic carbocycles. The number of nitrogens with zero attached hydrogens (tertiary/aromatic N) is 4. The number of hydrogen-bond acceptors (Lipinski definition) is 4. The van der Waals surface area contributed by atoms with Crippen LogP contribution in [0, 0.1) is 5.82 Å².